The summed E-state index contributed by atoms with van der Waals surface area (Å²) in [4.78, 5) is 29.8. The van der Waals surface area contributed by atoms with Crippen LogP contribution in [0.25, 0.3) is 16.6 Å². The summed E-state index contributed by atoms with van der Waals surface area (Å²) >= 11 is 0. The van der Waals surface area contributed by atoms with Gasteiger partial charge in [-0.1, -0.05) is 19.3 Å². The predicted octanol–water partition coefficient (Wildman–Crippen LogP) is 4.51. The van der Waals surface area contributed by atoms with Crippen LogP contribution in [0.15, 0.2) is 42.7 Å². The first-order chi connectivity index (χ1) is 16.3. The Morgan fingerprint density at radius 3 is 2.50 bits per heavy atom. The molecule has 34 heavy (non-hydrogen) atoms. The van der Waals surface area contributed by atoms with E-state index in [1.54, 1.807) is 12.0 Å². The van der Waals surface area contributed by atoms with E-state index < -0.39 is 5.54 Å². The number of nitrogens with one attached hydrogen (secondary N) is 1. The van der Waals surface area contributed by atoms with Crippen molar-refractivity contribution >= 4 is 22.7 Å². The van der Waals surface area contributed by atoms with E-state index in [0.717, 1.165) is 48.0 Å². The molecule has 7 heteroatoms. The fourth-order valence-corrected chi connectivity index (χ4v) is 5.86. The number of hydrogen-bond donors (Lipinski definition) is 1. The van der Waals surface area contributed by atoms with Crippen LogP contribution in [0.4, 0.5) is 0 Å². The van der Waals surface area contributed by atoms with E-state index in [0.29, 0.717) is 12.2 Å². The minimum Gasteiger partial charge on any atom is -0.497 e. The molecule has 5 rings (SSSR count). The number of fused-ring (bicyclic) bond motifs is 3. The first kappa shape index (κ1) is 22.6. The molecule has 180 valence electrons. The highest BCUT2D eigenvalue weighted by molar-refractivity contribution is 6.09. The third kappa shape index (κ3) is 3.49. The highest BCUT2D eigenvalue weighted by atomic mass is 16.5. The maximum Gasteiger partial charge on any atom is 0.273 e. The molecule has 7 nitrogen and oxygen atoms in total. The van der Waals surface area contributed by atoms with Crippen molar-refractivity contribution in [2.75, 3.05) is 7.11 Å². The topological polar surface area (TPSA) is 68.5 Å². The van der Waals surface area contributed by atoms with Gasteiger partial charge < -0.3 is 24.1 Å². The summed E-state index contributed by atoms with van der Waals surface area (Å²) in [5.41, 5.74) is 1.36. The molecule has 0 bridgehead atoms. The van der Waals surface area contributed by atoms with Crippen molar-refractivity contribution in [1.82, 2.24) is 19.4 Å². The van der Waals surface area contributed by atoms with Crippen molar-refractivity contribution in [3.63, 3.8) is 0 Å². The quantitative estimate of drug-likeness (QED) is 0.607. The van der Waals surface area contributed by atoms with Crippen LogP contribution in [0.3, 0.4) is 0 Å². The number of ether oxygens (including phenoxy) is 1. The summed E-state index contributed by atoms with van der Waals surface area (Å²) in [5.74, 6) is 0.543. The van der Waals surface area contributed by atoms with Crippen molar-refractivity contribution in [3.8, 4) is 11.4 Å². The molecule has 0 unspecified atom stereocenters. The lowest BCUT2D eigenvalue weighted by Gasteiger charge is -2.47. The lowest BCUT2D eigenvalue weighted by atomic mass is 9.90. The second-order valence-corrected chi connectivity index (χ2v) is 10.1. The Hall–Kier alpha value is -3.22. The second kappa shape index (κ2) is 8.53. The monoisotopic (exact) mass is 462 g/mol. The summed E-state index contributed by atoms with van der Waals surface area (Å²) < 4.78 is 9.51. The maximum absolute atomic E-state index is 14.2. The zero-order valence-electron chi connectivity index (χ0n) is 20.5. The molecule has 3 aromatic rings. The predicted molar refractivity (Wildman–Crippen MR) is 133 cm³/mol. The number of benzene rings is 1. The number of carbonyl (C=O) groups is 2. The molecule has 0 spiro atoms. The van der Waals surface area contributed by atoms with Gasteiger partial charge in [0.1, 0.15) is 17.0 Å². The molecule has 2 aromatic heterocycles. The first-order valence-electron chi connectivity index (χ1n) is 12.3. The Kier molecular flexibility index (Phi) is 5.66. The van der Waals surface area contributed by atoms with Gasteiger partial charge in [0.15, 0.2) is 0 Å². The maximum atomic E-state index is 14.2. The van der Waals surface area contributed by atoms with Gasteiger partial charge >= 0.3 is 0 Å². The van der Waals surface area contributed by atoms with Crippen LogP contribution in [0, 0.1) is 0 Å². The van der Waals surface area contributed by atoms with Crippen molar-refractivity contribution in [1.29, 1.82) is 0 Å². The zero-order chi connectivity index (χ0) is 24.0. The molecular formula is C27H34N4O3. The van der Waals surface area contributed by atoms with Crippen LogP contribution in [0.1, 0.15) is 63.4 Å². The van der Waals surface area contributed by atoms with E-state index in [9.17, 15) is 9.59 Å². The highest BCUT2D eigenvalue weighted by Crippen LogP contribution is 2.40. The summed E-state index contributed by atoms with van der Waals surface area (Å²) in [6.07, 6.45) is 9.42. The molecule has 3 heterocycles. The zero-order valence-corrected chi connectivity index (χ0v) is 20.5. The summed E-state index contributed by atoms with van der Waals surface area (Å²) in [7, 11) is 1.64. The van der Waals surface area contributed by atoms with Crippen molar-refractivity contribution < 1.29 is 14.3 Å². The van der Waals surface area contributed by atoms with E-state index in [4.69, 9.17) is 4.74 Å². The normalized spacial score (nSPS) is 21.2. The average molecular weight is 463 g/mol. The molecule has 0 radical (unpaired) electrons. The number of aromatic nitrogens is 2. The molecule has 0 saturated heterocycles. The highest BCUT2D eigenvalue weighted by Gasteiger charge is 2.50. The number of hydrogen-bond acceptors (Lipinski definition) is 3. The van der Waals surface area contributed by atoms with E-state index in [1.165, 1.54) is 6.42 Å². The van der Waals surface area contributed by atoms with Gasteiger partial charge in [-0.3, -0.25) is 9.59 Å². The summed E-state index contributed by atoms with van der Waals surface area (Å²) in [6.45, 7) is 6.28. The second-order valence-electron chi connectivity index (χ2n) is 10.1. The van der Waals surface area contributed by atoms with Gasteiger partial charge in [0.05, 0.1) is 24.9 Å². The van der Waals surface area contributed by atoms with Crippen LogP contribution < -0.4 is 10.1 Å². The minimum atomic E-state index is -0.991. The third-order valence-corrected chi connectivity index (χ3v) is 7.47. The number of carbonyl (C=O) groups excluding carboxylic acids is 2. The Bertz CT molecular complexity index is 1220. The number of amides is 2. The standard InChI is InChI=1S/C27H34N4O3/c1-18(2)31-25(32)24-23(29-14-8-9-15-29)21-16-20(34-4)12-13-22(21)30(24)17-27(31,3)26(33)28-19-10-6-5-7-11-19/h8-9,12-16,18-19H,5-7,10-11,17H2,1-4H3,(H,28,33)/t27-/m1/s1. The van der Waals surface area contributed by atoms with Gasteiger partial charge in [0.2, 0.25) is 5.91 Å². The van der Waals surface area contributed by atoms with E-state index >= 15 is 0 Å². The average Bonchev–Trinajstić information content (AvgIpc) is 3.45. The van der Waals surface area contributed by atoms with Gasteiger partial charge in [0.25, 0.3) is 5.91 Å². The van der Waals surface area contributed by atoms with Crippen LogP contribution in [0.2, 0.25) is 0 Å². The van der Waals surface area contributed by atoms with Crippen LogP contribution in [-0.4, -0.2) is 50.6 Å². The van der Waals surface area contributed by atoms with Gasteiger partial charge in [-0.05, 0) is 63.9 Å². The van der Waals surface area contributed by atoms with Crippen molar-refractivity contribution in [2.24, 2.45) is 0 Å². The van der Waals surface area contributed by atoms with Gasteiger partial charge in [-0.15, -0.1) is 0 Å². The Balaban J connectivity index is 1.67. The molecule has 1 aliphatic carbocycles. The van der Waals surface area contributed by atoms with Crippen LogP contribution >= 0.6 is 0 Å². The smallest absolute Gasteiger partial charge is 0.273 e. The van der Waals surface area contributed by atoms with E-state index in [-0.39, 0.29) is 23.9 Å². The van der Waals surface area contributed by atoms with Gasteiger partial charge in [-0.25, -0.2) is 0 Å². The summed E-state index contributed by atoms with van der Waals surface area (Å²) in [6, 6.07) is 9.83. The number of rotatable bonds is 5. The first-order valence-corrected chi connectivity index (χ1v) is 12.3. The van der Waals surface area contributed by atoms with Gasteiger partial charge in [-0.2, -0.15) is 0 Å². The number of methoxy groups -OCH3 is 1. The largest absolute Gasteiger partial charge is 0.497 e. The fourth-order valence-electron chi connectivity index (χ4n) is 5.86. The van der Waals surface area contributed by atoms with Gasteiger partial charge in [0, 0.05) is 29.9 Å². The SMILES string of the molecule is COc1ccc2c(c1)c(-n1cccc1)c1n2C[C@](C)(C(=O)NC2CCCCC2)N(C(C)C)C1=O. The molecule has 1 saturated carbocycles. The molecule has 1 aromatic carbocycles. The Morgan fingerprint density at radius 1 is 1.15 bits per heavy atom. The molecule has 2 aliphatic rings. The fraction of sp³-hybridized carbons (Fsp3) is 0.481. The van der Waals surface area contributed by atoms with Crippen LogP contribution in [-0.2, 0) is 11.3 Å². The lowest BCUT2D eigenvalue weighted by Crippen LogP contribution is -2.66. The number of nitrogens with zero attached hydrogens (tertiary/aromatic N) is 3. The van der Waals surface area contributed by atoms with E-state index in [1.807, 2.05) is 72.6 Å². The van der Waals surface area contributed by atoms with Crippen molar-refractivity contribution in [2.45, 2.75) is 77.0 Å². The molecule has 1 atom stereocenters. The van der Waals surface area contributed by atoms with E-state index in [2.05, 4.69) is 5.32 Å². The lowest BCUT2D eigenvalue weighted by molar-refractivity contribution is -0.134. The Labute approximate surface area is 200 Å². The molecular weight excluding hydrogens is 428 g/mol. The molecule has 1 aliphatic heterocycles. The molecule has 1 N–H and O–H groups in total. The minimum absolute atomic E-state index is 0.0648. The van der Waals surface area contributed by atoms with Crippen LogP contribution in [0.5, 0.6) is 5.75 Å². The summed E-state index contributed by atoms with van der Waals surface area (Å²) in [5, 5.41) is 4.22. The van der Waals surface area contributed by atoms with Crippen molar-refractivity contribution in [3.05, 3.63) is 48.4 Å². The Morgan fingerprint density at radius 2 is 1.85 bits per heavy atom. The molecule has 2 amide bonds. The molecule has 1 fully saturated rings. The third-order valence-electron chi connectivity index (χ3n) is 7.47.